The van der Waals surface area contributed by atoms with Crippen molar-refractivity contribution in [3.63, 3.8) is 0 Å². The van der Waals surface area contributed by atoms with Crippen molar-refractivity contribution < 1.29 is 9.47 Å². The van der Waals surface area contributed by atoms with Crippen LogP contribution in [-0.2, 0) is 0 Å². The zero-order valence-corrected chi connectivity index (χ0v) is 13.7. The normalized spacial score (nSPS) is 25.2. The molecule has 0 amide bonds. The molecule has 1 aromatic rings. The average Bonchev–Trinajstić information content (AvgIpc) is 3.16. The van der Waals surface area contributed by atoms with Crippen molar-refractivity contribution in [3.05, 3.63) is 23.8 Å². The minimum atomic E-state index is 0. The molecule has 4 nitrogen and oxygen atoms in total. The van der Waals surface area contributed by atoms with Crippen LogP contribution in [0.1, 0.15) is 37.3 Å². The summed E-state index contributed by atoms with van der Waals surface area (Å²) in [4.78, 5) is 2.69. The molecule has 3 aliphatic rings. The van der Waals surface area contributed by atoms with E-state index < -0.39 is 0 Å². The number of halogens is 1. The van der Waals surface area contributed by atoms with Crippen LogP contribution in [0.3, 0.4) is 0 Å². The molecule has 1 unspecified atom stereocenters. The van der Waals surface area contributed by atoms with E-state index >= 15 is 0 Å². The minimum absolute atomic E-state index is 0. The van der Waals surface area contributed by atoms with Crippen LogP contribution in [0, 0.1) is 5.92 Å². The Balaban J connectivity index is 0.00000144. The number of nitrogens with one attached hydrogen (secondary N) is 1. The molecule has 1 atom stereocenters. The maximum Gasteiger partial charge on any atom is 0.231 e. The monoisotopic (exact) mass is 324 g/mol. The summed E-state index contributed by atoms with van der Waals surface area (Å²) in [7, 11) is 0. The lowest BCUT2D eigenvalue weighted by atomic mass is 9.96. The fourth-order valence-corrected chi connectivity index (χ4v) is 3.94. The largest absolute Gasteiger partial charge is 0.454 e. The molecule has 0 aliphatic carbocycles. The first-order valence-corrected chi connectivity index (χ1v) is 8.24. The molecule has 2 fully saturated rings. The number of ether oxygens (including phenoxy) is 2. The van der Waals surface area contributed by atoms with Gasteiger partial charge in [-0.3, -0.25) is 4.90 Å². The SMILES string of the molecule is Cl.c1cc2c(cc1C1CCCN1CC1CCNCC1)OCO2. The molecule has 1 N–H and O–H groups in total. The van der Waals surface area contributed by atoms with Gasteiger partial charge in [0, 0.05) is 12.6 Å². The van der Waals surface area contributed by atoms with E-state index in [9.17, 15) is 0 Å². The van der Waals surface area contributed by atoms with Gasteiger partial charge in [-0.2, -0.15) is 0 Å². The Morgan fingerprint density at radius 2 is 1.91 bits per heavy atom. The van der Waals surface area contributed by atoms with E-state index in [1.807, 2.05) is 0 Å². The van der Waals surface area contributed by atoms with E-state index in [-0.39, 0.29) is 12.4 Å². The number of hydrogen-bond donors (Lipinski definition) is 1. The van der Waals surface area contributed by atoms with Gasteiger partial charge >= 0.3 is 0 Å². The van der Waals surface area contributed by atoms with Gasteiger partial charge in [0.15, 0.2) is 11.5 Å². The second-order valence-corrected chi connectivity index (χ2v) is 6.46. The van der Waals surface area contributed by atoms with Crippen molar-refractivity contribution in [1.82, 2.24) is 10.2 Å². The van der Waals surface area contributed by atoms with Gasteiger partial charge in [0.2, 0.25) is 6.79 Å². The first-order valence-electron chi connectivity index (χ1n) is 8.24. The summed E-state index contributed by atoms with van der Waals surface area (Å²) in [6.45, 7) is 5.23. The molecule has 0 saturated carbocycles. The van der Waals surface area contributed by atoms with Gasteiger partial charge in [-0.15, -0.1) is 12.4 Å². The van der Waals surface area contributed by atoms with Crippen LogP contribution in [0.15, 0.2) is 18.2 Å². The number of likely N-dealkylation sites (tertiary alicyclic amines) is 1. The molecule has 22 heavy (non-hydrogen) atoms. The van der Waals surface area contributed by atoms with Crippen molar-refractivity contribution >= 4 is 12.4 Å². The highest BCUT2D eigenvalue weighted by molar-refractivity contribution is 5.85. The minimum Gasteiger partial charge on any atom is -0.454 e. The van der Waals surface area contributed by atoms with E-state index in [1.54, 1.807) is 0 Å². The number of hydrogen-bond acceptors (Lipinski definition) is 4. The third kappa shape index (κ3) is 3.19. The summed E-state index contributed by atoms with van der Waals surface area (Å²) < 4.78 is 11.0. The Bertz CT molecular complexity index is 505. The lowest BCUT2D eigenvalue weighted by Gasteiger charge is -2.31. The van der Waals surface area contributed by atoms with E-state index in [4.69, 9.17) is 9.47 Å². The van der Waals surface area contributed by atoms with Crippen LogP contribution in [0.2, 0.25) is 0 Å². The van der Waals surface area contributed by atoms with Gasteiger partial charge in [0.1, 0.15) is 0 Å². The molecule has 5 heteroatoms. The number of benzene rings is 1. The summed E-state index contributed by atoms with van der Waals surface area (Å²) in [6.07, 6.45) is 5.23. The van der Waals surface area contributed by atoms with Crippen LogP contribution in [-0.4, -0.2) is 37.9 Å². The molecule has 3 heterocycles. The maximum atomic E-state index is 5.53. The van der Waals surface area contributed by atoms with Gasteiger partial charge in [-0.1, -0.05) is 6.07 Å². The Hall–Kier alpha value is -0.970. The highest BCUT2D eigenvalue weighted by Crippen LogP contribution is 2.39. The summed E-state index contributed by atoms with van der Waals surface area (Å²) in [5, 5.41) is 3.46. The molecule has 2 saturated heterocycles. The van der Waals surface area contributed by atoms with Crippen LogP contribution in [0.4, 0.5) is 0 Å². The summed E-state index contributed by atoms with van der Waals surface area (Å²) in [6, 6.07) is 7.04. The Morgan fingerprint density at radius 3 is 2.77 bits per heavy atom. The summed E-state index contributed by atoms with van der Waals surface area (Å²) in [5.41, 5.74) is 1.39. The molecule has 1 aromatic carbocycles. The van der Waals surface area contributed by atoms with Crippen LogP contribution >= 0.6 is 12.4 Å². The third-order valence-corrected chi connectivity index (χ3v) is 5.10. The third-order valence-electron chi connectivity index (χ3n) is 5.10. The van der Waals surface area contributed by atoms with Gasteiger partial charge < -0.3 is 14.8 Å². The predicted molar refractivity (Wildman–Crippen MR) is 89.0 cm³/mol. The van der Waals surface area contributed by atoms with E-state index in [2.05, 4.69) is 28.4 Å². The summed E-state index contributed by atoms with van der Waals surface area (Å²) in [5.74, 6) is 2.67. The molecule has 0 radical (unpaired) electrons. The zero-order chi connectivity index (χ0) is 14.1. The first-order chi connectivity index (χ1) is 10.4. The maximum absolute atomic E-state index is 5.53. The first kappa shape index (κ1) is 15.9. The van der Waals surface area contributed by atoms with Crippen molar-refractivity contribution in [2.24, 2.45) is 5.92 Å². The van der Waals surface area contributed by atoms with Crippen LogP contribution in [0.25, 0.3) is 0 Å². The fourth-order valence-electron chi connectivity index (χ4n) is 3.94. The number of rotatable bonds is 3. The second kappa shape index (κ2) is 7.07. The Labute approximate surface area is 138 Å². The molecule has 3 aliphatic heterocycles. The van der Waals surface area contributed by atoms with Crippen LogP contribution < -0.4 is 14.8 Å². The van der Waals surface area contributed by atoms with Crippen molar-refractivity contribution in [1.29, 1.82) is 0 Å². The molecule has 0 bridgehead atoms. The van der Waals surface area contributed by atoms with E-state index in [1.165, 1.54) is 57.4 Å². The lowest BCUT2D eigenvalue weighted by Crippen LogP contribution is -2.36. The molecule has 122 valence electrons. The Kier molecular flexibility index (Phi) is 5.11. The van der Waals surface area contributed by atoms with Crippen LogP contribution in [0.5, 0.6) is 11.5 Å². The van der Waals surface area contributed by atoms with Gasteiger partial charge in [0.25, 0.3) is 0 Å². The number of fused-ring (bicyclic) bond motifs is 1. The lowest BCUT2D eigenvalue weighted by molar-refractivity contribution is 0.173. The predicted octanol–water partition coefficient (Wildman–Crippen LogP) is 2.97. The van der Waals surface area contributed by atoms with Crippen molar-refractivity contribution in [2.75, 3.05) is 33.0 Å². The zero-order valence-electron chi connectivity index (χ0n) is 12.9. The average molecular weight is 325 g/mol. The van der Waals surface area contributed by atoms with Gasteiger partial charge in [0.05, 0.1) is 0 Å². The molecular weight excluding hydrogens is 300 g/mol. The van der Waals surface area contributed by atoms with Crippen molar-refractivity contribution in [3.8, 4) is 11.5 Å². The highest BCUT2D eigenvalue weighted by atomic mass is 35.5. The molecule has 4 rings (SSSR count). The highest BCUT2D eigenvalue weighted by Gasteiger charge is 2.29. The fraction of sp³-hybridized carbons (Fsp3) is 0.647. The quantitative estimate of drug-likeness (QED) is 0.927. The molecular formula is C17H25ClN2O2. The number of piperidine rings is 1. The topological polar surface area (TPSA) is 33.7 Å². The van der Waals surface area contributed by atoms with E-state index in [0.29, 0.717) is 12.8 Å². The molecule has 0 aromatic heterocycles. The summed E-state index contributed by atoms with van der Waals surface area (Å²) >= 11 is 0. The smallest absolute Gasteiger partial charge is 0.231 e. The standard InChI is InChI=1S/C17H24N2O2.ClH/c1-2-15(14-3-4-16-17(10-14)21-12-20-16)19(9-1)11-13-5-7-18-8-6-13;/h3-4,10,13,15,18H,1-2,5-9,11-12H2;1H. The van der Waals surface area contributed by atoms with E-state index in [0.717, 1.165) is 17.4 Å². The van der Waals surface area contributed by atoms with Gasteiger partial charge in [-0.05, 0) is 68.9 Å². The Morgan fingerprint density at radius 1 is 1.09 bits per heavy atom. The molecule has 0 spiro atoms. The number of nitrogens with zero attached hydrogens (tertiary/aromatic N) is 1. The second-order valence-electron chi connectivity index (χ2n) is 6.46. The van der Waals surface area contributed by atoms with Crippen molar-refractivity contribution in [2.45, 2.75) is 31.7 Å². The van der Waals surface area contributed by atoms with Gasteiger partial charge in [-0.25, -0.2) is 0 Å².